The van der Waals surface area contributed by atoms with Gasteiger partial charge in [-0.05, 0) is 24.6 Å². The predicted molar refractivity (Wildman–Crippen MR) is 68.6 cm³/mol. The topological polar surface area (TPSA) is 86.0 Å². The van der Waals surface area contributed by atoms with E-state index < -0.39 is 11.8 Å². The molecule has 1 heterocycles. The summed E-state index contributed by atoms with van der Waals surface area (Å²) in [6.07, 6.45) is 2.57. The SMILES string of the molecule is COc1ccc(C2(N)N=CC=NC2N)c(C)c1. The Labute approximate surface area is 100 Å². The van der Waals surface area contributed by atoms with Gasteiger partial charge in [0.25, 0.3) is 0 Å². The first-order chi connectivity index (χ1) is 8.08. The molecule has 0 aliphatic carbocycles. The van der Waals surface area contributed by atoms with Gasteiger partial charge in [0.2, 0.25) is 0 Å². The highest BCUT2D eigenvalue weighted by atomic mass is 16.5. The van der Waals surface area contributed by atoms with Crippen molar-refractivity contribution < 1.29 is 4.74 Å². The van der Waals surface area contributed by atoms with Gasteiger partial charge in [-0.1, -0.05) is 6.07 Å². The van der Waals surface area contributed by atoms with Gasteiger partial charge in [0.1, 0.15) is 11.9 Å². The van der Waals surface area contributed by atoms with Gasteiger partial charge < -0.3 is 16.2 Å². The van der Waals surface area contributed by atoms with E-state index in [1.807, 2.05) is 25.1 Å². The lowest BCUT2D eigenvalue weighted by molar-refractivity contribution is 0.374. The van der Waals surface area contributed by atoms with Crippen molar-refractivity contribution >= 4 is 12.4 Å². The van der Waals surface area contributed by atoms with E-state index in [9.17, 15) is 0 Å². The van der Waals surface area contributed by atoms with Gasteiger partial charge in [-0.25, -0.2) is 0 Å². The van der Waals surface area contributed by atoms with E-state index in [1.54, 1.807) is 19.5 Å². The molecule has 0 bridgehead atoms. The molecule has 0 radical (unpaired) electrons. The van der Waals surface area contributed by atoms with Crippen LogP contribution in [0.4, 0.5) is 0 Å². The van der Waals surface area contributed by atoms with Gasteiger partial charge in [-0.15, -0.1) is 0 Å². The molecule has 0 saturated heterocycles. The van der Waals surface area contributed by atoms with Gasteiger partial charge in [0.15, 0.2) is 5.66 Å². The number of aliphatic imine (C=N–C) groups is 2. The lowest BCUT2D eigenvalue weighted by Crippen LogP contribution is -2.52. The van der Waals surface area contributed by atoms with Gasteiger partial charge in [0, 0.05) is 18.0 Å². The van der Waals surface area contributed by atoms with Crippen molar-refractivity contribution in [3.63, 3.8) is 0 Å². The van der Waals surface area contributed by atoms with E-state index >= 15 is 0 Å². The summed E-state index contributed by atoms with van der Waals surface area (Å²) in [4.78, 5) is 8.36. The monoisotopic (exact) mass is 232 g/mol. The van der Waals surface area contributed by atoms with Crippen LogP contribution in [0.3, 0.4) is 0 Å². The Bertz CT molecular complexity index is 483. The van der Waals surface area contributed by atoms with Crippen LogP contribution in [-0.2, 0) is 5.66 Å². The van der Waals surface area contributed by atoms with Crippen molar-refractivity contribution in [3.8, 4) is 5.75 Å². The molecular formula is C12H16N4O. The number of ether oxygens (including phenoxy) is 1. The summed E-state index contributed by atoms with van der Waals surface area (Å²) in [6, 6.07) is 5.63. The van der Waals surface area contributed by atoms with Gasteiger partial charge in [-0.3, -0.25) is 9.98 Å². The average Bonchev–Trinajstić information content (AvgIpc) is 2.32. The van der Waals surface area contributed by atoms with Crippen LogP contribution in [0.1, 0.15) is 11.1 Å². The Morgan fingerprint density at radius 2 is 2.12 bits per heavy atom. The quantitative estimate of drug-likeness (QED) is 0.781. The molecule has 1 aliphatic heterocycles. The molecule has 1 aliphatic rings. The molecule has 2 unspecified atom stereocenters. The first-order valence-electron chi connectivity index (χ1n) is 5.34. The number of nitrogens with two attached hydrogens (primary N) is 2. The van der Waals surface area contributed by atoms with Gasteiger partial charge >= 0.3 is 0 Å². The van der Waals surface area contributed by atoms with Crippen LogP contribution in [0.2, 0.25) is 0 Å². The molecule has 1 aromatic rings. The normalized spacial score (nSPS) is 27.2. The Kier molecular flexibility index (Phi) is 2.95. The number of nitrogens with zero attached hydrogens (tertiary/aromatic N) is 2. The third-order valence-electron chi connectivity index (χ3n) is 2.92. The summed E-state index contributed by atoms with van der Waals surface area (Å²) in [6.45, 7) is 1.95. The molecule has 0 saturated carbocycles. The average molecular weight is 232 g/mol. The van der Waals surface area contributed by atoms with E-state index in [0.717, 1.165) is 16.9 Å². The highest BCUT2D eigenvalue weighted by Gasteiger charge is 2.36. The molecule has 2 rings (SSSR count). The van der Waals surface area contributed by atoms with Crippen LogP contribution >= 0.6 is 0 Å². The second kappa shape index (κ2) is 4.27. The summed E-state index contributed by atoms with van der Waals surface area (Å²) >= 11 is 0. The maximum absolute atomic E-state index is 6.24. The molecular weight excluding hydrogens is 216 g/mol. The van der Waals surface area contributed by atoms with Crippen LogP contribution in [-0.4, -0.2) is 25.7 Å². The van der Waals surface area contributed by atoms with E-state index in [1.165, 1.54) is 0 Å². The van der Waals surface area contributed by atoms with E-state index in [2.05, 4.69) is 9.98 Å². The Balaban J connectivity index is 2.46. The van der Waals surface area contributed by atoms with Crippen LogP contribution in [0, 0.1) is 6.92 Å². The summed E-state index contributed by atoms with van der Waals surface area (Å²) in [5, 5.41) is 0. The fourth-order valence-corrected chi connectivity index (χ4v) is 1.92. The number of methoxy groups -OCH3 is 1. The third kappa shape index (κ3) is 1.94. The van der Waals surface area contributed by atoms with Crippen molar-refractivity contribution in [3.05, 3.63) is 29.3 Å². The number of hydrogen-bond acceptors (Lipinski definition) is 5. The zero-order chi connectivity index (χ0) is 12.5. The maximum atomic E-state index is 6.24. The summed E-state index contributed by atoms with van der Waals surface area (Å²) in [5.41, 5.74) is 13.0. The van der Waals surface area contributed by atoms with Crippen LogP contribution < -0.4 is 16.2 Å². The van der Waals surface area contributed by atoms with E-state index in [-0.39, 0.29) is 0 Å². The number of benzene rings is 1. The summed E-state index contributed by atoms with van der Waals surface area (Å²) in [7, 11) is 1.63. The molecule has 1 aromatic carbocycles. The molecule has 5 nitrogen and oxygen atoms in total. The highest BCUT2D eigenvalue weighted by molar-refractivity contribution is 6.16. The van der Waals surface area contributed by atoms with Crippen molar-refractivity contribution in [2.24, 2.45) is 21.5 Å². The summed E-state index contributed by atoms with van der Waals surface area (Å²) in [5.74, 6) is 0.784. The minimum absolute atomic E-state index is 0.570. The lowest BCUT2D eigenvalue weighted by Gasteiger charge is -2.32. The summed E-state index contributed by atoms with van der Waals surface area (Å²) < 4.78 is 5.16. The molecule has 0 fully saturated rings. The molecule has 0 aromatic heterocycles. The second-order valence-corrected chi connectivity index (χ2v) is 4.03. The Hall–Kier alpha value is -1.72. The Morgan fingerprint density at radius 3 is 2.71 bits per heavy atom. The first-order valence-corrected chi connectivity index (χ1v) is 5.34. The van der Waals surface area contributed by atoms with E-state index in [0.29, 0.717) is 0 Å². The van der Waals surface area contributed by atoms with Crippen LogP contribution in [0.25, 0.3) is 0 Å². The molecule has 2 atom stereocenters. The zero-order valence-corrected chi connectivity index (χ0v) is 9.92. The van der Waals surface area contributed by atoms with Crippen molar-refractivity contribution in [1.29, 1.82) is 0 Å². The standard InChI is InChI=1S/C12H16N4O/c1-8-7-9(17-2)3-4-10(8)12(14)11(13)15-5-6-16-12/h3-7,11H,13-14H2,1-2H3. The van der Waals surface area contributed by atoms with Gasteiger partial charge in [-0.2, -0.15) is 0 Å². The maximum Gasteiger partial charge on any atom is 0.169 e. The molecule has 4 N–H and O–H groups in total. The number of rotatable bonds is 2. The van der Waals surface area contributed by atoms with E-state index in [4.69, 9.17) is 16.2 Å². The minimum atomic E-state index is -0.995. The Morgan fingerprint density at radius 1 is 1.35 bits per heavy atom. The highest BCUT2D eigenvalue weighted by Crippen LogP contribution is 2.29. The van der Waals surface area contributed by atoms with Crippen molar-refractivity contribution in [2.75, 3.05) is 7.11 Å². The third-order valence-corrected chi connectivity index (χ3v) is 2.92. The largest absolute Gasteiger partial charge is 0.497 e. The predicted octanol–water partition coefficient (Wildman–Crippen LogP) is 0.555. The zero-order valence-electron chi connectivity index (χ0n) is 9.92. The van der Waals surface area contributed by atoms with Crippen molar-refractivity contribution in [2.45, 2.75) is 18.8 Å². The molecule has 17 heavy (non-hydrogen) atoms. The molecule has 0 amide bonds. The molecule has 0 spiro atoms. The fourth-order valence-electron chi connectivity index (χ4n) is 1.92. The molecule has 5 heteroatoms. The van der Waals surface area contributed by atoms with Crippen LogP contribution in [0.15, 0.2) is 28.2 Å². The second-order valence-electron chi connectivity index (χ2n) is 4.03. The lowest BCUT2D eigenvalue weighted by atomic mass is 9.93. The fraction of sp³-hybridized carbons (Fsp3) is 0.333. The van der Waals surface area contributed by atoms with Gasteiger partial charge in [0.05, 0.1) is 7.11 Å². The minimum Gasteiger partial charge on any atom is -0.497 e. The van der Waals surface area contributed by atoms with Crippen LogP contribution in [0.5, 0.6) is 5.75 Å². The smallest absolute Gasteiger partial charge is 0.169 e. The van der Waals surface area contributed by atoms with Crippen molar-refractivity contribution in [1.82, 2.24) is 0 Å². The first kappa shape index (κ1) is 11.8. The number of hydrogen-bond donors (Lipinski definition) is 2. The number of aryl methyl sites for hydroxylation is 1. The molecule has 90 valence electrons.